The fraction of sp³-hybridized carbons (Fsp3) is 0.455. The normalized spacial score (nSPS) is 13.0. The number of anilines is 1. The smallest absolute Gasteiger partial charge is 0.254 e. The molecular weight excluding hydrogens is 416 g/mol. The van der Waals surface area contributed by atoms with Crippen molar-refractivity contribution in [1.29, 1.82) is 0 Å². The third kappa shape index (κ3) is 7.06. The summed E-state index contributed by atoms with van der Waals surface area (Å²) in [7, 11) is 1.57. The summed E-state index contributed by atoms with van der Waals surface area (Å²) in [6, 6.07) is 7.12. The van der Waals surface area contributed by atoms with Gasteiger partial charge < -0.3 is 20.3 Å². The molecule has 1 aromatic carbocycles. The van der Waals surface area contributed by atoms with E-state index in [1.54, 1.807) is 36.8 Å². The second kappa shape index (κ2) is 10.4. The fourth-order valence-electron chi connectivity index (χ4n) is 3.02. The average Bonchev–Trinajstić information content (AvgIpc) is 3.44. The Morgan fingerprint density at radius 2 is 1.90 bits per heavy atom. The molecule has 1 fully saturated rings. The van der Waals surface area contributed by atoms with Crippen LogP contribution in [0.4, 0.5) is 5.13 Å². The van der Waals surface area contributed by atoms with Crippen molar-refractivity contribution in [2.75, 3.05) is 25.5 Å². The van der Waals surface area contributed by atoms with Crippen molar-refractivity contribution in [3.8, 4) is 5.75 Å². The molecule has 166 valence electrons. The highest BCUT2D eigenvalue weighted by Crippen LogP contribution is 2.20. The van der Waals surface area contributed by atoms with Gasteiger partial charge in [-0.2, -0.15) is 0 Å². The SMILES string of the molecule is COc1ccc(C(=O)N(CC(=O)Nc2nc(CC(=O)NC3CC3)cs2)CC(C)C)cc1. The molecule has 0 bridgehead atoms. The number of methoxy groups -OCH3 is 1. The van der Waals surface area contributed by atoms with Crippen molar-refractivity contribution < 1.29 is 19.1 Å². The minimum atomic E-state index is -0.328. The van der Waals surface area contributed by atoms with Gasteiger partial charge in [0.25, 0.3) is 5.91 Å². The van der Waals surface area contributed by atoms with Crippen LogP contribution in [0, 0.1) is 5.92 Å². The van der Waals surface area contributed by atoms with E-state index in [2.05, 4.69) is 15.6 Å². The Morgan fingerprint density at radius 3 is 2.52 bits per heavy atom. The van der Waals surface area contributed by atoms with Crippen LogP contribution in [0.15, 0.2) is 29.6 Å². The largest absolute Gasteiger partial charge is 0.497 e. The van der Waals surface area contributed by atoms with Gasteiger partial charge in [-0.15, -0.1) is 11.3 Å². The molecule has 0 radical (unpaired) electrons. The molecule has 3 rings (SSSR count). The van der Waals surface area contributed by atoms with Crippen LogP contribution in [0.2, 0.25) is 0 Å². The molecule has 2 N–H and O–H groups in total. The summed E-state index contributed by atoms with van der Waals surface area (Å²) in [6.45, 7) is 4.35. The van der Waals surface area contributed by atoms with Crippen molar-refractivity contribution in [2.45, 2.75) is 39.2 Å². The Labute approximate surface area is 186 Å². The first kappa shape index (κ1) is 22.7. The van der Waals surface area contributed by atoms with Crippen LogP contribution in [0.1, 0.15) is 42.7 Å². The van der Waals surface area contributed by atoms with Gasteiger partial charge >= 0.3 is 0 Å². The highest BCUT2D eigenvalue weighted by atomic mass is 32.1. The molecule has 3 amide bonds. The van der Waals surface area contributed by atoms with Crippen LogP contribution in [-0.2, 0) is 16.0 Å². The van der Waals surface area contributed by atoms with Gasteiger partial charge in [0.2, 0.25) is 11.8 Å². The molecule has 0 unspecified atom stereocenters. The monoisotopic (exact) mass is 444 g/mol. The minimum absolute atomic E-state index is 0.0566. The molecule has 2 aromatic rings. The molecule has 0 saturated heterocycles. The number of amides is 3. The summed E-state index contributed by atoms with van der Waals surface area (Å²) < 4.78 is 5.13. The zero-order valence-electron chi connectivity index (χ0n) is 18.0. The maximum Gasteiger partial charge on any atom is 0.254 e. The van der Waals surface area contributed by atoms with Crippen LogP contribution in [-0.4, -0.2) is 53.8 Å². The van der Waals surface area contributed by atoms with E-state index in [0.717, 1.165) is 12.8 Å². The van der Waals surface area contributed by atoms with E-state index >= 15 is 0 Å². The predicted molar refractivity (Wildman–Crippen MR) is 119 cm³/mol. The molecule has 31 heavy (non-hydrogen) atoms. The molecule has 1 aromatic heterocycles. The van der Waals surface area contributed by atoms with E-state index in [1.165, 1.54) is 16.2 Å². The minimum Gasteiger partial charge on any atom is -0.497 e. The van der Waals surface area contributed by atoms with Crippen molar-refractivity contribution >= 4 is 34.2 Å². The lowest BCUT2D eigenvalue weighted by Crippen LogP contribution is -2.40. The number of carbonyl (C=O) groups excluding carboxylic acids is 3. The standard InChI is InChI=1S/C22H28N4O4S/c1-14(2)11-26(21(29)15-4-8-18(30-3)9-5-15)12-20(28)25-22-24-17(13-31-22)10-19(27)23-16-6-7-16/h4-5,8-9,13-14,16H,6-7,10-12H2,1-3H3,(H,23,27)(H,24,25,28). The Kier molecular flexibility index (Phi) is 7.62. The van der Waals surface area contributed by atoms with Gasteiger partial charge in [-0.05, 0) is 43.0 Å². The first-order chi connectivity index (χ1) is 14.8. The van der Waals surface area contributed by atoms with Gasteiger partial charge in [-0.25, -0.2) is 4.98 Å². The van der Waals surface area contributed by atoms with Gasteiger partial charge in [-0.1, -0.05) is 13.8 Å². The Hall–Kier alpha value is -2.94. The zero-order valence-corrected chi connectivity index (χ0v) is 18.8. The molecule has 1 heterocycles. The van der Waals surface area contributed by atoms with Gasteiger partial charge in [0.15, 0.2) is 5.13 Å². The topological polar surface area (TPSA) is 101 Å². The summed E-state index contributed by atoms with van der Waals surface area (Å²) in [5.74, 6) is 0.259. The first-order valence-electron chi connectivity index (χ1n) is 10.3. The first-order valence-corrected chi connectivity index (χ1v) is 11.2. The van der Waals surface area contributed by atoms with Gasteiger partial charge in [-0.3, -0.25) is 14.4 Å². The zero-order chi connectivity index (χ0) is 22.4. The molecule has 0 spiro atoms. The quantitative estimate of drug-likeness (QED) is 0.587. The summed E-state index contributed by atoms with van der Waals surface area (Å²) in [5, 5.41) is 7.84. The van der Waals surface area contributed by atoms with Gasteiger partial charge in [0, 0.05) is 23.5 Å². The molecule has 1 aliphatic carbocycles. The van der Waals surface area contributed by atoms with Crippen LogP contribution in [0.5, 0.6) is 5.75 Å². The second-order valence-corrected chi connectivity index (χ2v) is 8.88. The number of nitrogens with zero attached hydrogens (tertiary/aromatic N) is 2. The third-order valence-electron chi connectivity index (χ3n) is 4.63. The van der Waals surface area contributed by atoms with Crippen molar-refractivity contribution in [1.82, 2.24) is 15.2 Å². The number of rotatable bonds is 10. The summed E-state index contributed by atoms with van der Waals surface area (Å²) in [4.78, 5) is 43.3. The number of hydrogen-bond acceptors (Lipinski definition) is 6. The number of carbonyl (C=O) groups is 3. The number of nitrogens with one attached hydrogen (secondary N) is 2. The second-order valence-electron chi connectivity index (χ2n) is 8.02. The molecule has 0 atom stereocenters. The molecule has 9 heteroatoms. The van der Waals surface area contributed by atoms with E-state index in [1.807, 2.05) is 13.8 Å². The number of ether oxygens (including phenoxy) is 1. The molecule has 1 saturated carbocycles. The highest BCUT2D eigenvalue weighted by molar-refractivity contribution is 7.13. The lowest BCUT2D eigenvalue weighted by Gasteiger charge is -2.24. The van der Waals surface area contributed by atoms with Crippen molar-refractivity contribution in [3.05, 3.63) is 40.9 Å². The predicted octanol–water partition coefficient (Wildman–Crippen LogP) is 2.71. The molecule has 0 aliphatic heterocycles. The van der Waals surface area contributed by atoms with Gasteiger partial charge in [0.1, 0.15) is 12.3 Å². The van der Waals surface area contributed by atoms with Crippen molar-refractivity contribution in [3.63, 3.8) is 0 Å². The maximum absolute atomic E-state index is 12.9. The number of aromatic nitrogens is 1. The average molecular weight is 445 g/mol. The summed E-state index contributed by atoms with van der Waals surface area (Å²) >= 11 is 1.26. The summed E-state index contributed by atoms with van der Waals surface area (Å²) in [6.07, 6.45) is 2.26. The van der Waals surface area contributed by atoms with Gasteiger partial charge in [0.05, 0.1) is 19.2 Å². The lowest BCUT2D eigenvalue weighted by atomic mass is 10.1. The Bertz CT molecular complexity index is 922. The Balaban J connectivity index is 1.58. The van der Waals surface area contributed by atoms with Crippen molar-refractivity contribution in [2.24, 2.45) is 5.92 Å². The number of benzene rings is 1. The van der Waals surface area contributed by atoms with E-state index in [9.17, 15) is 14.4 Å². The van der Waals surface area contributed by atoms with Crippen LogP contribution in [0.3, 0.4) is 0 Å². The van der Waals surface area contributed by atoms with E-state index in [-0.39, 0.29) is 36.6 Å². The number of hydrogen-bond donors (Lipinski definition) is 2. The molecule has 1 aliphatic rings. The van der Waals surface area contributed by atoms with E-state index in [4.69, 9.17) is 4.74 Å². The van der Waals surface area contributed by atoms with E-state index < -0.39 is 0 Å². The summed E-state index contributed by atoms with van der Waals surface area (Å²) in [5.41, 5.74) is 1.11. The van der Waals surface area contributed by atoms with E-state index in [0.29, 0.717) is 34.7 Å². The Morgan fingerprint density at radius 1 is 1.19 bits per heavy atom. The number of thiazole rings is 1. The third-order valence-corrected chi connectivity index (χ3v) is 5.43. The molecular formula is C22H28N4O4S. The highest BCUT2D eigenvalue weighted by Gasteiger charge is 2.24. The lowest BCUT2D eigenvalue weighted by molar-refractivity contribution is -0.120. The molecule has 8 nitrogen and oxygen atoms in total. The maximum atomic E-state index is 12.9. The van der Waals surface area contributed by atoms with Crippen LogP contribution < -0.4 is 15.4 Å². The fourth-order valence-corrected chi connectivity index (χ4v) is 3.75. The van der Waals surface area contributed by atoms with Crippen LogP contribution in [0.25, 0.3) is 0 Å². The van der Waals surface area contributed by atoms with Crippen LogP contribution >= 0.6 is 11.3 Å².